The fourth-order valence-electron chi connectivity index (χ4n) is 2.22. The summed E-state index contributed by atoms with van der Waals surface area (Å²) in [5.41, 5.74) is 1.65. The Labute approximate surface area is 162 Å². The average Bonchev–Trinajstić information content (AvgIpc) is 3.26. The van der Waals surface area contributed by atoms with Crippen LogP contribution in [-0.4, -0.2) is 22.1 Å². The molecule has 8 heteroatoms. The minimum Gasteiger partial charge on any atom is -0.422 e. The number of aromatic nitrogens is 2. The van der Waals surface area contributed by atoms with Crippen LogP contribution in [0.15, 0.2) is 46.3 Å². The molecule has 0 aliphatic heterocycles. The number of anilines is 1. The number of rotatable bonds is 5. The van der Waals surface area contributed by atoms with Gasteiger partial charge in [0.2, 0.25) is 0 Å². The molecule has 0 spiro atoms. The molecule has 0 unspecified atom stereocenters. The molecule has 0 radical (unpaired) electrons. The highest BCUT2D eigenvalue weighted by Crippen LogP contribution is 2.27. The molecule has 1 aromatic carbocycles. The number of halogens is 1. The van der Waals surface area contributed by atoms with Gasteiger partial charge in [0.05, 0.1) is 15.0 Å². The van der Waals surface area contributed by atoms with Crippen molar-refractivity contribution in [1.29, 1.82) is 0 Å². The molecule has 3 rings (SSSR count). The van der Waals surface area contributed by atoms with E-state index in [0.717, 1.165) is 5.69 Å². The Hall–Kier alpha value is -2.45. The first-order chi connectivity index (χ1) is 12.5. The van der Waals surface area contributed by atoms with Crippen molar-refractivity contribution in [1.82, 2.24) is 10.2 Å². The molecule has 1 amide bonds. The molecular weight excluding hydrogens is 418 g/mol. The number of hydrogen-bond acceptors (Lipinski definition) is 5. The molecule has 3 aromatic rings. The number of carbonyl (C=O) groups is 2. The molecule has 2 aromatic heterocycles. The van der Waals surface area contributed by atoms with Crippen molar-refractivity contribution in [3.05, 3.63) is 62.5 Å². The second kappa shape index (κ2) is 7.84. The van der Waals surface area contributed by atoms with Crippen molar-refractivity contribution in [2.45, 2.75) is 19.8 Å². The fraction of sp³-hybridized carbons (Fsp3) is 0.167. The zero-order valence-corrected chi connectivity index (χ0v) is 16.5. The highest BCUT2D eigenvalue weighted by molar-refractivity contribution is 9.10. The summed E-state index contributed by atoms with van der Waals surface area (Å²) in [6.45, 7) is 3.99. The molecule has 0 aliphatic rings. The van der Waals surface area contributed by atoms with Crippen molar-refractivity contribution >= 4 is 44.8 Å². The van der Waals surface area contributed by atoms with E-state index in [2.05, 4.69) is 31.4 Å². The summed E-state index contributed by atoms with van der Waals surface area (Å²) in [5.74, 6) is -0.170. The number of esters is 1. The zero-order valence-electron chi connectivity index (χ0n) is 14.1. The highest BCUT2D eigenvalue weighted by atomic mass is 79.9. The maximum atomic E-state index is 12.3. The number of nitrogens with one attached hydrogen (secondary N) is 2. The van der Waals surface area contributed by atoms with Gasteiger partial charge < -0.3 is 10.1 Å². The summed E-state index contributed by atoms with van der Waals surface area (Å²) in [6, 6.07) is 10.2. The number of hydrogen-bond donors (Lipinski definition) is 2. The molecule has 6 nitrogen and oxygen atoms in total. The van der Waals surface area contributed by atoms with Gasteiger partial charge in [-0.25, -0.2) is 4.79 Å². The lowest BCUT2D eigenvalue weighted by Crippen LogP contribution is -2.11. The second-order valence-electron chi connectivity index (χ2n) is 5.80. The first kappa shape index (κ1) is 18.3. The molecular formula is C18H16BrN3O3S. The number of amides is 1. The number of benzene rings is 1. The summed E-state index contributed by atoms with van der Waals surface area (Å²) in [7, 11) is 0. The maximum Gasteiger partial charge on any atom is 0.365 e. The van der Waals surface area contributed by atoms with Crippen molar-refractivity contribution < 1.29 is 14.3 Å². The third-order valence-electron chi connectivity index (χ3n) is 3.57. The van der Waals surface area contributed by atoms with E-state index in [-0.39, 0.29) is 17.5 Å². The van der Waals surface area contributed by atoms with Gasteiger partial charge in [-0.3, -0.25) is 9.89 Å². The van der Waals surface area contributed by atoms with Gasteiger partial charge in [-0.15, -0.1) is 11.3 Å². The average molecular weight is 434 g/mol. The van der Waals surface area contributed by atoms with Crippen molar-refractivity contribution in [2.75, 3.05) is 5.32 Å². The molecule has 26 heavy (non-hydrogen) atoms. The number of thiophene rings is 1. The first-order valence-corrected chi connectivity index (χ1v) is 9.54. The zero-order chi connectivity index (χ0) is 18.7. The quantitative estimate of drug-likeness (QED) is 0.445. The van der Waals surface area contributed by atoms with Crippen molar-refractivity contribution in [3.8, 4) is 5.75 Å². The lowest BCUT2D eigenvalue weighted by atomic mass is 10.1. The third kappa shape index (κ3) is 4.03. The first-order valence-electron chi connectivity index (χ1n) is 7.86. The van der Waals surface area contributed by atoms with E-state index in [1.807, 2.05) is 25.3 Å². The lowest BCUT2D eigenvalue weighted by molar-refractivity contribution is 0.0727. The van der Waals surface area contributed by atoms with Crippen LogP contribution in [0.1, 0.15) is 45.6 Å². The minimum absolute atomic E-state index is 0.175. The Bertz CT molecular complexity index is 918. The van der Waals surface area contributed by atoms with Crippen LogP contribution in [0.5, 0.6) is 5.75 Å². The fourth-order valence-corrected chi connectivity index (χ4v) is 3.64. The third-order valence-corrected chi connectivity index (χ3v) is 5.24. The van der Waals surface area contributed by atoms with Gasteiger partial charge in [0.1, 0.15) is 5.75 Å². The van der Waals surface area contributed by atoms with Crippen LogP contribution in [0.25, 0.3) is 0 Å². The summed E-state index contributed by atoms with van der Waals surface area (Å²) in [4.78, 5) is 24.9. The molecule has 0 fully saturated rings. The van der Waals surface area contributed by atoms with E-state index < -0.39 is 5.97 Å². The normalized spacial score (nSPS) is 10.8. The standard InChI is InChI=1S/C18H16BrN3O3S/c1-10(2)15-14(19)16(22-21-15)18(24)25-12-7-5-11(6-8-12)20-17(23)13-4-3-9-26-13/h3-10H,1-2H3,(H,20,23)(H,21,22). The Kier molecular flexibility index (Phi) is 5.53. The molecule has 0 saturated heterocycles. The second-order valence-corrected chi connectivity index (χ2v) is 7.54. The van der Waals surface area contributed by atoms with Crippen molar-refractivity contribution in [2.24, 2.45) is 0 Å². The van der Waals surface area contributed by atoms with Crippen LogP contribution in [-0.2, 0) is 0 Å². The van der Waals surface area contributed by atoms with Crippen LogP contribution < -0.4 is 10.1 Å². The van der Waals surface area contributed by atoms with E-state index in [0.29, 0.717) is 20.8 Å². The molecule has 0 aliphatic carbocycles. The van der Waals surface area contributed by atoms with Gasteiger partial charge in [-0.1, -0.05) is 19.9 Å². The van der Waals surface area contributed by atoms with E-state index in [9.17, 15) is 9.59 Å². The topological polar surface area (TPSA) is 84.1 Å². The number of H-pyrrole nitrogens is 1. The number of nitrogens with zero attached hydrogens (tertiary/aromatic N) is 1. The SMILES string of the molecule is CC(C)c1[nH]nc(C(=O)Oc2ccc(NC(=O)c3cccs3)cc2)c1Br. The predicted molar refractivity (Wildman–Crippen MR) is 104 cm³/mol. The lowest BCUT2D eigenvalue weighted by Gasteiger charge is -2.06. The van der Waals surface area contributed by atoms with Gasteiger partial charge in [0.15, 0.2) is 5.69 Å². The van der Waals surface area contributed by atoms with E-state index >= 15 is 0 Å². The molecule has 0 saturated carbocycles. The van der Waals surface area contributed by atoms with Crippen LogP contribution in [0.4, 0.5) is 5.69 Å². The molecule has 0 atom stereocenters. The van der Waals surface area contributed by atoms with Gasteiger partial charge in [0.25, 0.3) is 5.91 Å². The Balaban J connectivity index is 1.66. The van der Waals surface area contributed by atoms with Crippen LogP contribution in [0.2, 0.25) is 0 Å². The molecule has 0 bridgehead atoms. The predicted octanol–water partition coefficient (Wildman–Crippen LogP) is 4.83. The van der Waals surface area contributed by atoms with Gasteiger partial charge >= 0.3 is 5.97 Å². The van der Waals surface area contributed by atoms with Crippen LogP contribution in [0, 0.1) is 0 Å². The Morgan fingerprint density at radius 2 is 1.96 bits per heavy atom. The Morgan fingerprint density at radius 1 is 1.23 bits per heavy atom. The maximum absolute atomic E-state index is 12.3. The monoisotopic (exact) mass is 433 g/mol. The number of ether oxygens (including phenoxy) is 1. The Morgan fingerprint density at radius 3 is 2.54 bits per heavy atom. The minimum atomic E-state index is -0.560. The largest absolute Gasteiger partial charge is 0.422 e. The molecule has 2 heterocycles. The summed E-state index contributed by atoms with van der Waals surface area (Å²) >= 11 is 4.75. The summed E-state index contributed by atoms with van der Waals surface area (Å²) in [5, 5.41) is 11.5. The number of carbonyl (C=O) groups excluding carboxylic acids is 2. The summed E-state index contributed by atoms with van der Waals surface area (Å²) < 4.78 is 5.95. The van der Waals surface area contributed by atoms with Gasteiger partial charge in [0, 0.05) is 5.69 Å². The van der Waals surface area contributed by atoms with E-state index in [4.69, 9.17) is 4.74 Å². The van der Waals surface area contributed by atoms with Crippen LogP contribution >= 0.6 is 27.3 Å². The van der Waals surface area contributed by atoms with E-state index in [1.54, 1.807) is 30.3 Å². The summed E-state index contributed by atoms with van der Waals surface area (Å²) in [6.07, 6.45) is 0. The molecule has 2 N–H and O–H groups in total. The van der Waals surface area contributed by atoms with Crippen LogP contribution in [0.3, 0.4) is 0 Å². The van der Waals surface area contributed by atoms with Crippen molar-refractivity contribution in [3.63, 3.8) is 0 Å². The molecule has 134 valence electrons. The highest BCUT2D eigenvalue weighted by Gasteiger charge is 2.21. The van der Waals surface area contributed by atoms with E-state index in [1.165, 1.54) is 11.3 Å². The van der Waals surface area contributed by atoms with Gasteiger partial charge in [-0.05, 0) is 57.6 Å². The smallest absolute Gasteiger partial charge is 0.365 e. The number of aromatic amines is 1. The van der Waals surface area contributed by atoms with Gasteiger partial charge in [-0.2, -0.15) is 5.10 Å².